The Bertz CT molecular complexity index is 592. The van der Waals surface area contributed by atoms with E-state index in [1.165, 1.54) is 6.92 Å². The van der Waals surface area contributed by atoms with Gasteiger partial charge in [0.2, 0.25) is 11.8 Å². The lowest BCUT2D eigenvalue weighted by Gasteiger charge is -2.41. The van der Waals surface area contributed by atoms with Gasteiger partial charge in [-0.3, -0.25) is 14.4 Å². The Morgan fingerprint density at radius 2 is 1.87 bits per heavy atom. The van der Waals surface area contributed by atoms with Crippen LogP contribution in [0.3, 0.4) is 0 Å². The minimum atomic E-state index is -1.44. The molecule has 13 heteroatoms. The molecule has 1 saturated heterocycles. The van der Waals surface area contributed by atoms with Gasteiger partial charge in [0.25, 0.3) is 0 Å². The maximum atomic E-state index is 11.9. The van der Waals surface area contributed by atoms with E-state index in [0.717, 1.165) is 0 Å². The minimum Gasteiger partial charge on any atom is -0.463 e. The van der Waals surface area contributed by atoms with Gasteiger partial charge < -0.3 is 52.0 Å². The van der Waals surface area contributed by atoms with E-state index in [1.807, 2.05) is 0 Å². The van der Waals surface area contributed by atoms with Crippen molar-refractivity contribution >= 4 is 17.8 Å². The van der Waals surface area contributed by atoms with Gasteiger partial charge in [-0.05, 0) is 20.3 Å². The molecular formula is C17H32N4O9. The molecule has 1 aliphatic rings. The van der Waals surface area contributed by atoms with Crippen LogP contribution in [0.4, 0.5) is 0 Å². The van der Waals surface area contributed by atoms with Crippen molar-refractivity contribution in [2.24, 2.45) is 17.2 Å². The van der Waals surface area contributed by atoms with E-state index in [9.17, 15) is 29.7 Å². The lowest BCUT2D eigenvalue weighted by atomic mass is 9.97. The summed E-state index contributed by atoms with van der Waals surface area (Å²) < 4.78 is 15.6. The Morgan fingerprint density at radius 1 is 1.23 bits per heavy atom. The molecule has 0 bridgehead atoms. The molecule has 1 unspecified atom stereocenters. The van der Waals surface area contributed by atoms with Gasteiger partial charge in [-0.15, -0.1) is 0 Å². The Kier molecular flexibility index (Phi) is 10.6. The van der Waals surface area contributed by atoms with Crippen molar-refractivity contribution in [3.63, 3.8) is 0 Å². The number of carbonyl (C=O) groups is 3. The number of hydrogen-bond donors (Lipinski definition) is 7. The second-order valence-corrected chi connectivity index (χ2v) is 7.20. The van der Waals surface area contributed by atoms with Gasteiger partial charge in [0.1, 0.15) is 31.0 Å². The minimum absolute atomic E-state index is 0.0736. The molecule has 1 aliphatic heterocycles. The number of amides is 2. The fourth-order valence-corrected chi connectivity index (χ4v) is 2.71. The second-order valence-electron chi connectivity index (χ2n) is 7.20. The van der Waals surface area contributed by atoms with Crippen LogP contribution in [-0.4, -0.2) is 95.1 Å². The van der Waals surface area contributed by atoms with Crippen molar-refractivity contribution in [2.45, 2.75) is 75.5 Å². The number of nitrogens with one attached hydrogen (secondary N) is 1. The summed E-state index contributed by atoms with van der Waals surface area (Å²) in [6.45, 7) is 2.24. The highest BCUT2D eigenvalue weighted by Gasteiger charge is 2.44. The molecule has 10 N–H and O–H groups in total. The lowest BCUT2D eigenvalue weighted by Crippen LogP contribution is -2.63. The number of nitrogens with two attached hydrogens (primary N) is 3. The summed E-state index contributed by atoms with van der Waals surface area (Å²) in [7, 11) is 0. The summed E-state index contributed by atoms with van der Waals surface area (Å²) in [5.74, 6) is -2.06. The molecule has 13 nitrogen and oxygen atoms in total. The molecule has 0 radical (unpaired) electrons. The monoisotopic (exact) mass is 436 g/mol. The highest BCUT2D eigenvalue weighted by Crippen LogP contribution is 2.22. The van der Waals surface area contributed by atoms with E-state index in [0.29, 0.717) is 0 Å². The van der Waals surface area contributed by atoms with Gasteiger partial charge in [-0.25, -0.2) is 0 Å². The fourth-order valence-electron chi connectivity index (χ4n) is 2.71. The molecule has 0 aromatic heterocycles. The molecule has 1 fully saturated rings. The van der Waals surface area contributed by atoms with Crippen LogP contribution in [0.5, 0.6) is 0 Å². The first-order chi connectivity index (χ1) is 14.0. The maximum absolute atomic E-state index is 11.9. The fraction of sp³-hybridized carbons (Fsp3) is 0.824. The molecule has 8 atom stereocenters. The largest absolute Gasteiger partial charge is 0.463 e. The Morgan fingerprint density at radius 3 is 2.40 bits per heavy atom. The third-order valence-electron chi connectivity index (χ3n) is 4.50. The van der Waals surface area contributed by atoms with Crippen LogP contribution in [0, 0.1) is 0 Å². The zero-order valence-electron chi connectivity index (χ0n) is 17.0. The SMILES string of the molecule is CC(COC(=O)CC[C@H](NC(=O)[C@H](C)N)C(N)=O)O[C@@H]1[C@@H](N)[C@@H](O)O[C@H](CO)[C@H]1O. The van der Waals surface area contributed by atoms with E-state index in [-0.39, 0.29) is 19.4 Å². The van der Waals surface area contributed by atoms with E-state index in [2.05, 4.69) is 5.32 Å². The highest BCUT2D eigenvalue weighted by atomic mass is 16.6. The summed E-state index contributed by atoms with van der Waals surface area (Å²) in [5, 5.41) is 31.4. The van der Waals surface area contributed by atoms with Crippen LogP contribution >= 0.6 is 0 Å². The number of rotatable bonds is 11. The van der Waals surface area contributed by atoms with Crippen LogP contribution < -0.4 is 22.5 Å². The molecular weight excluding hydrogens is 404 g/mol. The number of carbonyl (C=O) groups excluding carboxylic acids is 3. The normalized spacial score (nSPS) is 29.5. The first-order valence-corrected chi connectivity index (χ1v) is 9.52. The summed E-state index contributed by atoms with van der Waals surface area (Å²) in [4.78, 5) is 34.9. The van der Waals surface area contributed by atoms with Crippen LogP contribution in [0.15, 0.2) is 0 Å². The van der Waals surface area contributed by atoms with Crippen molar-refractivity contribution in [3.05, 3.63) is 0 Å². The predicted octanol–water partition coefficient (Wildman–Crippen LogP) is -4.20. The van der Waals surface area contributed by atoms with Gasteiger partial charge in [0.15, 0.2) is 6.29 Å². The zero-order chi connectivity index (χ0) is 23.0. The number of esters is 1. The number of hydrogen-bond acceptors (Lipinski definition) is 11. The summed E-state index contributed by atoms with van der Waals surface area (Å²) in [6.07, 6.45) is -5.86. The van der Waals surface area contributed by atoms with E-state index < -0.39 is 73.2 Å². The van der Waals surface area contributed by atoms with Crippen molar-refractivity contribution in [2.75, 3.05) is 13.2 Å². The topological polar surface area (TPSA) is 230 Å². The summed E-state index contributed by atoms with van der Waals surface area (Å²) >= 11 is 0. The predicted molar refractivity (Wildman–Crippen MR) is 101 cm³/mol. The Labute approximate surface area is 173 Å². The average molecular weight is 436 g/mol. The molecule has 1 heterocycles. The average Bonchev–Trinajstić information content (AvgIpc) is 2.68. The van der Waals surface area contributed by atoms with E-state index in [4.69, 9.17) is 31.4 Å². The number of aliphatic hydroxyl groups excluding tert-OH is 3. The molecule has 30 heavy (non-hydrogen) atoms. The highest BCUT2D eigenvalue weighted by molar-refractivity contribution is 5.89. The van der Waals surface area contributed by atoms with Crippen LogP contribution in [-0.2, 0) is 28.6 Å². The third-order valence-corrected chi connectivity index (χ3v) is 4.50. The van der Waals surface area contributed by atoms with E-state index in [1.54, 1.807) is 6.92 Å². The first kappa shape index (κ1) is 26.2. The summed E-state index contributed by atoms with van der Waals surface area (Å²) in [6, 6.07) is -2.99. The molecule has 0 aromatic carbocycles. The molecule has 0 spiro atoms. The smallest absolute Gasteiger partial charge is 0.305 e. The number of aliphatic hydroxyl groups is 3. The van der Waals surface area contributed by atoms with Gasteiger partial charge >= 0.3 is 5.97 Å². The first-order valence-electron chi connectivity index (χ1n) is 9.52. The summed E-state index contributed by atoms with van der Waals surface area (Å²) in [5.41, 5.74) is 16.4. The molecule has 2 amide bonds. The van der Waals surface area contributed by atoms with Crippen LogP contribution in [0.1, 0.15) is 26.7 Å². The second kappa shape index (κ2) is 12.1. The van der Waals surface area contributed by atoms with Crippen LogP contribution in [0.2, 0.25) is 0 Å². The van der Waals surface area contributed by atoms with E-state index >= 15 is 0 Å². The third kappa shape index (κ3) is 7.75. The standard InChI is InChI=1S/C17H32N4O9/c1-7(29-14-12(19)17(27)30-10(5-22)13(14)24)6-28-11(23)4-3-9(15(20)25)21-16(26)8(2)18/h7-10,12-14,17,22,24,27H,3-6,18-19H2,1-2H3,(H2,20,25)(H,21,26)/t7?,8-,9-,10+,12+,13+,14+,17-/m0/s1. The quantitative estimate of drug-likeness (QED) is 0.153. The van der Waals surface area contributed by atoms with Gasteiger partial charge in [0.05, 0.1) is 24.8 Å². The van der Waals surface area contributed by atoms with Gasteiger partial charge in [0, 0.05) is 6.42 Å². The van der Waals surface area contributed by atoms with Crippen molar-refractivity contribution < 1.29 is 43.9 Å². The van der Waals surface area contributed by atoms with Gasteiger partial charge in [-0.1, -0.05) is 0 Å². The lowest BCUT2D eigenvalue weighted by molar-refractivity contribution is -0.264. The molecule has 0 saturated carbocycles. The molecule has 174 valence electrons. The molecule has 1 rings (SSSR count). The van der Waals surface area contributed by atoms with Crippen molar-refractivity contribution in [1.29, 1.82) is 0 Å². The maximum Gasteiger partial charge on any atom is 0.305 e. The van der Waals surface area contributed by atoms with Crippen LogP contribution in [0.25, 0.3) is 0 Å². The zero-order valence-corrected chi connectivity index (χ0v) is 17.0. The Hall–Kier alpha value is -1.87. The van der Waals surface area contributed by atoms with Crippen molar-refractivity contribution in [1.82, 2.24) is 5.32 Å². The molecule has 0 aliphatic carbocycles. The number of primary amides is 1. The number of ether oxygens (including phenoxy) is 3. The van der Waals surface area contributed by atoms with Gasteiger partial charge in [-0.2, -0.15) is 0 Å². The molecule has 0 aromatic rings. The Balaban J connectivity index is 2.48. The van der Waals surface area contributed by atoms with Crippen molar-refractivity contribution in [3.8, 4) is 0 Å².